The van der Waals surface area contributed by atoms with Crippen LogP contribution in [0.5, 0.6) is 0 Å². The minimum atomic E-state index is 0.434. The summed E-state index contributed by atoms with van der Waals surface area (Å²) in [6, 6.07) is 15.2. The Kier molecular flexibility index (Phi) is 4.99. The fourth-order valence-corrected chi connectivity index (χ4v) is 3.59. The molecule has 0 aliphatic rings. The summed E-state index contributed by atoms with van der Waals surface area (Å²) < 4.78 is 4.37. The summed E-state index contributed by atoms with van der Waals surface area (Å²) in [5.74, 6) is 3.01. The van der Waals surface area contributed by atoms with Crippen molar-refractivity contribution in [3.63, 3.8) is 0 Å². The highest BCUT2D eigenvalue weighted by molar-refractivity contribution is 5.62. The highest BCUT2D eigenvalue weighted by atomic mass is 15.4. The van der Waals surface area contributed by atoms with Crippen LogP contribution < -0.4 is 4.57 Å². The molecule has 26 heavy (non-hydrogen) atoms. The number of benzene rings is 2. The van der Waals surface area contributed by atoms with Crippen LogP contribution in [0, 0.1) is 13.8 Å². The van der Waals surface area contributed by atoms with Crippen LogP contribution in [0.1, 0.15) is 62.0 Å². The first kappa shape index (κ1) is 18.4. The standard InChI is InChI=1S/C23H30N3/c1-15(2)19-13-10-14-20(16(3)4)22(19)26-23(25(7)18(6)24-26)21-12-9-8-11-17(21)5/h8-16H,1-7H3/q+1. The lowest BCUT2D eigenvalue weighted by molar-refractivity contribution is -0.667. The Labute approximate surface area is 157 Å². The Bertz CT molecular complexity index is 906. The fraction of sp³-hybridized carbons (Fsp3) is 0.391. The van der Waals surface area contributed by atoms with E-state index in [9.17, 15) is 0 Å². The maximum absolute atomic E-state index is 4.96. The van der Waals surface area contributed by atoms with E-state index < -0.39 is 0 Å². The van der Waals surface area contributed by atoms with Gasteiger partial charge in [-0.15, -0.1) is 0 Å². The number of aromatic nitrogens is 3. The van der Waals surface area contributed by atoms with E-state index in [0.29, 0.717) is 11.8 Å². The Balaban J connectivity index is 2.40. The van der Waals surface area contributed by atoms with Gasteiger partial charge in [-0.05, 0) is 41.5 Å². The van der Waals surface area contributed by atoms with E-state index in [1.54, 1.807) is 0 Å². The van der Waals surface area contributed by atoms with Crippen LogP contribution in [0.3, 0.4) is 0 Å². The van der Waals surface area contributed by atoms with Crippen molar-refractivity contribution in [3.8, 4) is 17.1 Å². The summed E-state index contributed by atoms with van der Waals surface area (Å²) in [4.78, 5) is 0. The Morgan fingerprint density at radius 3 is 1.96 bits per heavy atom. The summed E-state index contributed by atoms with van der Waals surface area (Å²) in [5.41, 5.74) is 6.41. The van der Waals surface area contributed by atoms with E-state index in [2.05, 4.69) is 100 Å². The number of aryl methyl sites for hydroxylation is 2. The molecular formula is C23H30N3+. The molecule has 0 atom stereocenters. The molecule has 1 aromatic heterocycles. The molecule has 0 saturated carbocycles. The van der Waals surface area contributed by atoms with E-state index >= 15 is 0 Å². The molecule has 0 radical (unpaired) electrons. The molecule has 3 aromatic rings. The van der Waals surface area contributed by atoms with E-state index in [1.165, 1.54) is 27.9 Å². The molecule has 0 spiro atoms. The van der Waals surface area contributed by atoms with Crippen LogP contribution in [0.4, 0.5) is 0 Å². The average molecular weight is 349 g/mol. The topological polar surface area (TPSA) is 21.7 Å². The van der Waals surface area contributed by atoms with Gasteiger partial charge >= 0.3 is 0 Å². The van der Waals surface area contributed by atoms with Crippen molar-refractivity contribution < 1.29 is 4.57 Å². The van der Waals surface area contributed by atoms with Gasteiger partial charge < -0.3 is 0 Å². The third-order valence-electron chi connectivity index (χ3n) is 5.19. The van der Waals surface area contributed by atoms with Gasteiger partial charge in [0.1, 0.15) is 5.69 Å². The van der Waals surface area contributed by atoms with Crippen molar-refractivity contribution in [3.05, 3.63) is 65.0 Å². The SMILES string of the molecule is Cc1ccccc1-c1n(-c2c(C(C)C)cccc2C(C)C)nc(C)[n+]1C. The van der Waals surface area contributed by atoms with Gasteiger partial charge in [-0.1, -0.05) is 68.8 Å². The maximum atomic E-state index is 4.96. The molecule has 0 amide bonds. The lowest BCUT2D eigenvalue weighted by atomic mass is 9.92. The summed E-state index contributed by atoms with van der Waals surface area (Å²) in [6.45, 7) is 13.3. The van der Waals surface area contributed by atoms with Crippen LogP contribution in [0.15, 0.2) is 42.5 Å². The molecule has 3 heteroatoms. The monoisotopic (exact) mass is 348 g/mol. The molecule has 0 unspecified atom stereocenters. The Morgan fingerprint density at radius 2 is 1.42 bits per heavy atom. The lowest BCUT2D eigenvalue weighted by Crippen LogP contribution is -2.33. The van der Waals surface area contributed by atoms with Crippen molar-refractivity contribution in [2.24, 2.45) is 7.05 Å². The van der Waals surface area contributed by atoms with Gasteiger partial charge in [-0.25, -0.2) is 4.57 Å². The molecular weight excluding hydrogens is 318 g/mol. The molecule has 3 nitrogen and oxygen atoms in total. The predicted molar refractivity (Wildman–Crippen MR) is 108 cm³/mol. The second kappa shape index (κ2) is 7.06. The Hall–Kier alpha value is -2.42. The third kappa shape index (κ3) is 3.07. The van der Waals surface area contributed by atoms with Gasteiger partial charge in [0.15, 0.2) is 0 Å². The molecule has 1 heterocycles. The molecule has 0 saturated heterocycles. The second-order valence-electron chi connectivity index (χ2n) is 7.75. The van der Waals surface area contributed by atoms with Crippen LogP contribution in [-0.2, 0) is 7.05 Å². The third-order valence-corrected chi connectivity index (χ3v) is 5.19. The summed E-state index contributed by atoms with van der Waals surface area (Å²) in [6.07, 6.45) is 0. The van der Waals surface area contributed by atoms with Crippen molar-refractivity contribution in [2.75, 3.05) is 0 Å². The molecule has 2 aromatic carbocycles. The van der Waals surface area contributed by atoms with E-state index in [-0.39, 0.29) is 0 Å². The quantitative estimate of drug-likeness (QED) is 0.592. The molecule has 0 aliphatic heterocycles. The zero-order valence-corrected chi connectivity index (χ0v) is 17.0. The van der Waals surface area contributed by atoms with Gasteiger partial charge in [0.05, 0.1) is 12.6 Å². The maximum Gasteiger partial charge on any atom is 0.275 e. The van der Waals surface area contributed by atoms with Gasteiger partial charge in [0.25, 0.3) is 11.6 Å². The normalized spacial score (nSPS) is 11.6. The van der Waals surface area contributed by atoms with Gasteiger partial charge in [-0.3, -0.25) is 0 Å². The smallest absolute Gasteiger partial charge is 0.230 e. The molecule has 136 valence electrons. The van der Waals surface area contributed by atoms with Crippen molar-refractivity contribution in [1.82, 2.24) is 9.78 Å². The van der Waals surface area contributed by atoms with Crippen molar-refractivity contribution >= 4 is 0 Å². The number of para-hydroxylation sites is 1. The van der Waals surface area contributed by atoms with E-state index in [1.807, 2.05) is 0 Å². The first-order valence-corrected chi connectivity index (χ1v) is 9.47. The van der Waals surface area contributed by atoms with E-state index in [4.69, 9.17) is 5.10 Å². The zero-order valence-electron chi connectivity index (χ0n) is 17.0. The van der Waals surface area contributed by atoms with Gasteiger partial charge in [0, 0.05) is 12.0 Å². The summed E-state index contributed by atoms with van der Waals surface area (Å²) in [7, 11) is 2.10. The highest BCUT2D eigenvalue weighted by Crippen LogP contribution is 2.33. The second-order valence-corrected chi connectivity index (χ2v) is 7.75. The number of hydrogen-bond acceptors (Lipinski definition) is 1. The average Bonchev–Trinajstić information content (AvgIpc) is 2.89. The number of hydrogen-bond donors (Lipinski definition) is 0. The first-order valence-electron chi connectivity index (χ1n) is 9.47. The molecule has 0 aliphatic carbocycles. The summed E-state index contributed by atoms with van der Waals surface area (Å²) >= 11 is 0. The summed E-state index contributed by atoms with van der Waals surface area (Å²) in [5, 5.41) is 4.96. The van der Waals surface area contributed by atoms with E-state index in [0.717, 1.165) is 11.6 Å². The predicted octanol–water partition coefficient (Wildman–Crippen LogP) is 5.23. The minimum absolute atomic E-state index is 0.434. The zero-order chi connectivity index (χ0) is 19.0. The van der Waals surface area contributed by atoms with Crippen molar-refractivity contribution in [2.45, 2.75) is 53.4 Å². The van der Waals surface area contributed by atoms with Crippen LogP contribution in [0.2, 0.25) is 0 Å². The highest BCUT2D eigenvalue weighted by Gasteiger charge is 2.29. The largest absolute Gasteiger partial charge is 0.275 e. The van der Waals surface area contributed by atoms with Crippen LogP contribution in [0.25, 0.3) is 17.1 Å². The fourth-order valence-electron chi connectivity index (χ4n) is 3.59. The van der Waals surface area contributed by atoms with Crippen LogP contribution in [-0.4, -0.2) is 9.78 Å². The van der Waals surface area contributed by atoms with Crippen LogP contribution >= 0.6 is 0 Å². The van der Waals surface area contributed by atoms with Gasteiger partial charge in [0.2, 0.25) is 0 Å². The molecule has 0 fully saturated rings. The lowest BCUT2D eigenvalue weighted by Gasteiger charge is -2.17. The minimum Gasteiger partial charge on any atom is -0.230 e. The number of nitrogens with zero attached hydrogens (tertiary/aromatic N) is 3. The van der Waals surface area contributed by atoms with Crippen molar-refractivity contribution in [1.29, 1.82) is 0 Å². The number of rotatable bonds is 4. The molecule has 0 bridgehead atoms. The first-order chi connectivity index (χ1) is 12.3. The Morgan fingerprint density at radius 1 is 0.846 bits per heavy atom. The molecule has 3 rings (SSSR count). The van der Waals surface area contributed by atoms with Gasteiger partial charge in [-0.2, -0.15) is 0 Å². The molecule has 0 N–H and O–H groups in total.